The first-order valence-corrected chi connectivity index (χ1v) is 15.0. The lowest BCUT2D eigenvalue weighted by atomic mass is 9.91. The number of ether oxygens (including phenoxy) is 2. The molecule has 238 valence electrons. The molecule has 8 heteroatoms. The van der Waals surface area contributed by atoms with Crippen LogP contribution in [0.1, 0.15) is 42.4 Å². The van der Waals surface area contributed by atoms with Gasteiger partial charge in [0, 0.05) is 0 Å². The van der Waals surface area contributed by atoms with Crippen LogP contribution < -0.4 is 0 Å². The van der Waals surface area contributed by atoms with Crippen molar-refractivity contribution in [1.82, 2.24) is 0 Å². The second kappa shape index (κ2) is 18.4. The second-order valence-electron chi connectivity index (χ2n) is 10.7. The van der Waals surface area contributed by atoms with Gasteiger partial charge in [-0.2, -0.15) is 8.78 Å². The van der Waals surface area contributed by atoms with Crippen LogP contribution in [0.2, 0.25) is 0 Å². The van der Waals surface area contributed by atoms with Crippen LogP contribution in [0.15, 0.2) is 103 Å². The molecule has 0 aliphatic heterocycles. The number of hydrogen-bond donors (Lipinski definition) is 2. The Morgan fingerprint density at radius 3 is 1.64 bits per heavy atom. The van der Waals surface area contributed by atoms with Gasteiger partial charge in [-0.15, -0.1) is 0 Å². The SMILES string of the molecule is C=C(CO)C(=O)OCCCc1ccc(-c2ccc(-c3ccc(CCCOC(=O)C(=C)CO)cc3)c(CCCC=C(F)F)c2)cc1. The van der Waals surface area contributed by atoms with Gasteiger partial charge in [0.2, 0.25) is 0 Å². The summed E-state index contributed by atoms with van der Waals surface area (Å²) in [7, 11) is 0. The van der Waals surface area contributed by atoms with E-state index in [1.165, 1.54) is 0 Å². The molecule has 0 amide bonds. The summed E-state index contributed by atoms with van der Waals surface area (Å²) in [6, 6.07) is 22.6. The molecule has 3 aromatic rings. The third-order valence-corrected chi connectivity index (χ3v) is 7.25. The van der Waals surface area contributed by atoms with Crippen molar-refractivity contribution in [2.45, 2.75) is 44.9 Å². The van der Waals surface area contributed by atoms with E-state index in [2.05, 4.69) is 31.4 Å². The lowest BCUT2D eigenvalue weighted by Gasteiger charge is -2.14. The van der Waals surface area contributed by atoms with E-state index in [9.17, 15) is 18.4 Å². The van der Waals surface area contributed by atoms with Gasteiger partial charge in [-0.1, -0.05) is 79.9 Å². The molecule has 0 atom stereocenters. The summed E-state index contributed by atoms with van der Waals surface area (Å²) in [6.45, 7) is 6.54. The molecule has 0 saturated carbocycles. The van der Waals surface area contributed by atoms with E-state index in [4.69, 9.17) is 19.7 Å². The van der Waals surface area contributed by atoms with Crippen LogP contribution in [0.3, 0.4) is 0 Å². The van der Waals surface area contributed by atoms with Crippen molar-refractivity contribution < 1.29 is 38.1 Å². The van der Waals surface area contributed by atoms with Crippen LogP contribution in [0.5, 0.6) is 0 Å². The Kier molecular flexibility index (Phi) is 14.4. The van der Waals surface area contributed by atoms with Gasteiger partial charge < -0.3 is 19.7 Å². The third kappa shape index (κ3) is 11.6. The highest BCUT2D eigenvalue weighted by molar-refractivity contribution is 5.88. The van der Waals surface area contributed by atoms with E-state index in [-0.39, 0.29) is 24.4 Å². The van der Waals surface area contributed by atoms with E-state index in [0.717, 1.165) is 51.4 Å². The van der Waals surface area contributed by atoms with Crippen molar-refractivity contribution in [2.75, 3.05) is 26.4 Å². The van der Waals surface area contributed by atoms with Gasteiger partial charge in [-0.3, -0.25) is 0 Å². The van der Waals surface area contributed by atoms with Gasteiger partial charge in [-0.05, 0) is 90.0 Å². The number of rotatable bonds is 18. The van der Waals surface area contributed by atoms with E-state index >= 15 is 0 Å². The zero-order valence-corrected chi connectivity index (χ0v) is 25.4. The van der Waals surface area contributed by atoms with Crippen LogP contribution in [-0.4, -0.2) is 48.6 Å². The molecule has 0 spiro atoms. The number of carbonyl (C=O) groups is 2. The average Bonchev–Trinajstić information content (AvgIpc) is 3.06. The van der Waals surface area contributed by atoms with Crippen molar-refractivity contribution in [3.63, 3.8) is 0 Å². The molecular formula is C37H40F2O6. The molecule has 0 radical (unpaired) electrons. The highest BCUT2D eigenvalue weighted by Crippen LogP contribution is 2.31. The first-order chi connectivity index (χ1) is 21.7. The average molecular weight is 619 g/mol. The Morgan fingerprint density at radius 2 is 1.16 bits per heavy atom. The van der Waals surface area contributed by atoms with E-state index in [0.29, 0.717) is 38.5 Å². The van der Waals surface area contributed by atoms with Gasteiger partial charge in [-0.25, -0.2) is 9.59 Å². The molecule has 3 aromatic carbocycles. The summed E-state index contributed by atoms with van der Waals surface area (Å²) in [5, 5.41) is 17.9. The molecule has 0 unspecified atom stereocenters. The van der Waals surface area contributed by atoms with E-state index in [1.807, 2.05) is 48.5 Å². The summed E-state index contributed by atoms with van der Waals surface area (Å²) in [5.41, 5.74) is 7.45. The van der Waals surface area contributed by atoms with E-state index < -0.39 is 31.2 Å². The highest BCUT2D eigenvalue weighted by Gasteiger charge is 2.11. The Bertz CT molecular complexity index is 1470. The largest absolute Gasteiger partial charge is 0.462 e. The summed E-state index contributed by atoms with van der Waals surface area (Å²) < 4.78 is 35.5. The van der Waals surface area contributed by atoms with E-state index in [1.54, 1.807) is 0 Å². The molecule has 2 N–H and O–H groups in total. The molecule has 0 aliphatic carbocycles. The summed E-state index contributed by atoms with van der Waals surface area (Å²) in [6.07, 6.45) is 3.52. The number of unbranched alkanes of at least 4 members (excludes halogenated alkanes) is 1. The molecule has 0 heterocycles. The Morgan fingerprint density at radius 1 is 0.667 bits per heavy atom. The van der Waals surface area contributed by atoms with Crippen molar-refractivity contribution in [2.24, 2.45) is 0 Å². The number of carbonyl (C=O) groups excluding carboxylic acids is 2. The summed E-state index contributed by atoms with van der Waals surface area (Å²) >= 11 is 0. The normalized spacial score (nSPS) is 10.7. The first kappa shape index (κ1) is 35.1. The molecule has 6 nitrogen and oxygen atoms in total. The maximum atomic E-state index is 12.6. The fraction of sp³-hybridized carbons (Fsp3) is 0.297. The molecule has 0 bridgehead atoms. The number of allylic oxidation sites excluding steroid dienone is 1. The second-order valence-corrected chi connectivity index (χ2v) is 10.7. The molecule has 0 aliphatic rings. The van der Waals surface area contributed by atoms with Crippen LogP contribution in [0, 0.1) is 0 Å². The molecule has 0 saturated heterocycles. The minimum absolute atomic E-state index is 0.0312. The first-order valence-electron chi connectivity index (χ1n) is 15.0. The zero-order chi connectivity index (χ0) is 32.6. The van der Waals surface area contributed by atoms with Crippen LogP contribution in [0.25, 0.3) is 22.3 Å². The number of esters is 2. The lowest BCUT2D eigenvalue weighted by molar-refractivity contribution is -0.140. The maximum Gasteiger partial charge on any atom is 0.335 e. The predicted molar refractivity (Wildman–Crippen MR) is 172 cm³/mol. The zero-order valence-electron chi connectivity index (χ0n) is 25.4. The van der Waals surface area contributed by atoms with Gasteiger partial charge in [0.25, 0.3) is 6.08 Å². The molecular weight excluding hydrogens is 578 g/mol. The van der Waals surface area contributed by atoms with Gasteiger partial charge in [0.15, 0.2) is 0 Å². The topological polar surface area (TPSA) is 93.1 Å². The van der Waals surface area contributed by atoms with Gasteiger partial charge in [0.05, 0.1) is 37.6 Å². The Balaban J connectivity index is 1.67. The number of aliphatic hydroxyl groups excluding tert-OH is 2. The Hall–Kier alpha value is -4.40. The monoisotopic (exact) mass is 618 g/mol. The highest BCUT2D eigenvalue weighted by atomic mass is 19.3. The number of aliphatic hydroxyl groups is 2. The van der Waals surface area contributed by atoms with Crippen LogP contribution in [0.4, 0.5) is 8.78 Å². The number of benzene rings is 3. The number of halogens is 2. The number of hydrogen-bond acceptors (Lipinski definition) is 6. The summed E-state index contributed by atoms with van der Waals surface area (Å²) in [5.74, 6) is -1.18. The van der Waals surface area contributed by atoms with Crippen molar-refractivity contribution in [3.05, 3.63) is 120 Å². The maximum absolute atomic E-state index is 12.6. The van der Waals surface area contributed by atoms with Crippen molar-refractivity contribution >= 4 is 11.9 Å². The van der Waals surface area contributed by atoms with Crippen LogP contribution in [-0.2, 0) is 38.3 Å². The predicted octanol–water partition coefficient (Wildman–Crippen LogP) is 7.17. The standard InChI is InChI=1S/C37H40F2O6/c1-26(24-40)36(42)44-21-5-7-28-11-15-30(16-12-28)32-19-20-34(33(23-32)9-3-4-10-35(38)39)31-17-13-29(14-18-31)8-6-22-45-37(43)27(2)25-41/h10-20,23,40-41H,1-9,21-22,24-25H2. The molecule has 0 fully saturated rings. The number of aryl methyl sites for hydroxylation is 3. The minimum atomic E-state index is -1.67. The van der Waals surface area contributed by atoms with Crippen molar-refractivity contribution in [1.29, 1.82) is 0 Å². The summed E-state index contributed by atoms with van der Waals surface area (Å²) in [4.78, 5) is 23.2. The molecule has 45 heavy (non-hydrogen) atoms. The van der Waals surface area contributed by atoms with Crippen molar-refractivity contribution in [3.8, 4) is 22.3 Å². The Labute approximate surface area is 263 Å². The smallest absolute Gasteiger partial charge is 0.335 e. The molecule has 3 rings (SSSR count). The van der Waals surface area contributed by atoms with Gasteiger partial charge in [0.1, 0.15) is 0 Å². The van der Waals surface area contributed by atoms with Gasteiger partial charge >= 0.3 is 11.9 Å². The fourth-order valence-corrected chi connectivity index (χ4v) is 4.70. The fourth-order valence-electron chi connectivity index (χ4n) is 4.70. The quantitative estimate of drug-likeness (QED) is 0.0892. The minimum Gasteiger partial charge on any atom is -0.462 e. The van der Waals surface area contributed by atoms with Crippen LogP contribution >= 0.6 is 0 Å². The lowest BCUT2D eigenvalue weighted by Crippen LogP contribution is -2.11. The molecule has 0 aromatic heterocycles. The third-order valence-electron chi connectivity index (χ3n) is 7.25.